The van der Waals surface area contributed by atoms with E-state index in [1.165, 1.54) is 0 Å². The normalized spacial score (nSPS) is 17.5. The maximum absolute atomic E-state index is 12.3. The van der Waals surface area contributed by atoms with E-state index < -0.39 is 0 Å². The monoisotopic (exact) mass is 319 g/mol. The molecule has 3 rings (SSSR count). The van der Waals surface area contributed by atoms with Crippen molar-refractivity contribution in [2.45, 2.75) is 19.3 Å². The van der Waals surface area contributed by atoms with Gasteiger partial charge in [0.05, 0.1) is 26.4 Å². The van der Waals surface area contributed by atoms with Gasteiger partial charge < -0.3 is 19.1 Å². The fraction of sp³-hybridized carbons (Fsp3) is 0.529. The van der Waals surface area contributed by atoms with Crippen molar-refractivity contribution in [1.82, 2.24) is 4.90 Å². The summed E-state index contributed by atoms with van der Waals surface area (Å²) in [5.74, 6) is 1.23. The van der Waals surface area contributed by atoms with Crippen molar-refractivity contribution >= 4 is 11.7 Å². The standard InChI is InChI=1S/C17H21NO5/c19-14(3-5-17(20)18-6-10-21-11-7-18)13-2-4-15-16(12-13)23-9-1-8-22-15/h2,4,12H,1,3,5-11H2. The zero-order valence-corrected chi connectivity index (χ0v) is 13.1. The molecule has 0 atom stereocenters. The summed E-state index contributed by atoms with van der Waals surface area (Å²) in [6.45, 7) is 3.56. The molecule has 0 radical (unpaired) electrons. The van der Waals surface area contributed by atoms with Gasteiger partial charge >= 0.3 is 0 Å². The Morgan fingerprint density at radius 3 is 2.48 bits per heavy atom. The molecular weight excluding hydrogens is 298 g/mol. The molecule has 1 aromatic rings. The summed E-state index contributed by atoms with van der Waals surface area (Å²) in [5, 5.41) is 0. The average molecular weight is 319 g/mol. The molecule has 0 aromatic heterocycles. The molecule has 0 spiro atoms. The summed E-state index contributed by atoms with van der Waals surface area (Å²) in [6, 6.07) is 5.20. The molecule has 0 saturated carbocycles. The first-order valence-electron chi connectivity index (χ1n) is 8.02. The van der Waals surface area contributed by atoms with Gasteiger partial charge in [-0.25, -0.2) is 0 Å². The molecule has 0 N–H and O–H groups in total. The third-order valence-corrected chi connectivity index (χ3v) is 4.00. The summed E-state index contributed by atoms with van der Waals surface area (Å²) in [4.78, 5) is 26.2. The van der Waals surface area contributed by atoms with E-state index in [9.17, 15) is 9.59 Å². The first-order chi connectivity index (χ1) is 11.2. The highest BCUT2D eigenvalue weighted by molar-refractivity contribution is 5.98. The van der Waals surface area contributed by atoms with Gasteiger partial charge in [0.25, 0.3) is 0 Å². The van der Waals surface area contributed by atoms with Crippen LogP contribution in [0.4, 0.5) is 0 Å². The highest BCUT2D eigenvalue weighted by Crippen LogP contribution is 2.30. The summed E-state index contributed by atoms with van der Waals surface area (Å²) in [7, 11) is 0. The lowest BCUT2D eigenvalue weighted by Crippen LogP contribution is -2.40. The van der Waals surface area contributed by atoms with E-state index in [1.54, 1.807) is 23.1 Å². The third kappa shape index (κ3) is 4.01. The molecule has 6 heteroatoms. The Morgan fingerprint density at radius 2 is 1.70 bits per heavy atom. The van der Waals surface area contributed by atoms with E-state index in [4.69, 9.17) is 14.2 Å². The molecule has 0 aliphatic carbocycles. The number of ketones is 1. The number of nitrogens with zero attached hydrogens (tertiary/aromatic N) is 1. The van der Waals surface area contributed by atoms with Crippen LogP contribution in [0.2, 0.25) is 0 Å². The maximum Gasteiger partial charge on any atom is 0.223 e. The lowest BCUT2D eigenvalue weighted by molar-refractivity contribution is -0.135. The van der Waals surface area contributed by atoms with Crippen molar-refractivity contribution in [1.29, 1.82) is 0 Å². The van der Waals surface area contributed by atoms with Crippen LogP contribution in [0.25, 0.3) is 0 Å². The molecular formula is C17H21NO5. The number of rotatable bonds is 4. The van der Waals surface area contributed by atoms with Crippen molar-refractivity contribution in [2.75, 3.05) is 39.5 Å². The highest BCUT2D eigenvalue weighted by atomic mass is 16.5. The van der Waals surface area contributed by atoms with Crippen molar-refractivity contribution < 1.29 is 23.8 Å². The quantitative estimate of drug-likeness (QED) is 0.790. The van der Waals surface area contributed by atoms with E-state index in [0.717, 1.165) is 6.42 Å². The minimum absolute atomic E-state index is 0.0102. The van der Waals surface area contributed by atoms with Crippen LogP contribution in [0.3, 0.4) is 0 Å². The van der Waals surface area contributed by atoms with Gasteiger partial charge in [-0.05, 0) is 18.2 Å². The summed E-state index contributed by atoms with van der Waals surface area (Å²) < 4.78 is 16.4. The molecule has 2 aliphatic rings. The van der Waals surface area contributed by atoms with Crippen LogP contribution in [-0.4, -0.2) is 56.1 Å². The maximum atomic E-state index is 12.3. The molecule has 6 nitrogen and oxygen atoms in total. The number of benzene rings is 1. The second-order valence-corrected chi connectivity index (χ2v) is 5.63. The van der Waals surface area contributed by atoms with Crippen molar-refractivity contribution in [3.05, 3.63) is 23.8 Å². The predicted octanol–water partition coefficient (Wildman–Crippen LogP) is 1.67. The van der Waals surface area contributed by atoms with E-state index in [1.807, 2.05) is 0 Å². The number of carbonyl (C=O) groups is 2. The van der Waals surface area contributed by atoms with Crippen molar-refractivity contribution in [3.8, 4) is 11.5 Å². The van der Waals surface area contributed by atoms with E-state index >= 15 is 0 Å². The Balaban J connectivity index is 1.57. The lowest BCUT2D eigenvalue weighted by atomic mass is 10.1. The summed E-state index contributed by atoms with van der Waals surface area (Å²) in [6.07, 6.45) is 1.26. The Bertz CT molecular complexity index is 580. The number of hydrogen-bond acceptors (Lipinski definition) is 5. The van der Waals surface area contributed by atoms with E-state index in [0.29, 0.717) is 56.6 Å². The Labute approximate surface area is 135 Å². The van der Waals surface area contributed by atoms with Gasteiger partial charge in [-0.2, -0.15) is 0 Å². The zero-order valence-electron chi connectivity index (χ0n) is 13.1. The molecule has 23 heavy (non-hydrogen) atoms. The fourth-order valence-corrected chi connectivity index (χ4v) is 2.67. The average Bonchev–Trinajstić information content (AvgIpc) is 2.84. The van der Waals surface area contributed by atoms with Gasteiger partial charge in [0.2, 0.25) is 5.91 Å². The van der Waals surface area contributed by atoms with Gasteiger partial charge in [0.15, 0.2) is 17.3 Å². The number of ether oxygens (including phenoxy) is 3. The molecule has 1 amide bonds. The Morgan fingerprint density at radius 1 is 0.957 bits per heavy atom. The Hall–Kier alpha value is -2.08. The van der Waals surface area contributed by atoms with Crippen LogP contribution in [0, 0.1) is 0 Å². The first kappa shape index (κ1) is 15.8. The summed E-state index contributed by atoms with van der Waals surface area (Å²) >= 11 is 0. The largest absolute Gasteiger partial charge is 0.490 e. The van der Waals surface area contributed by atoms with Gasteiger partial charge in [-0.1, -0.05) is 0 Å². The lowest BCUT2D eigenvalue weighted by Gasteiger charge is -2.26. The zero-order chi connectivity index (χ0) is 16.1. The predicted molar refractivity (Wildman–Crippen MR) is 83.0 cm³/mol. The van der Waals surface area contributed by atoms with Gasteiger partial charge in [0, 0.05) is 37.9 Å². The molecule has 0 unspecified atom stereocenters. The number of hydrogen-bond donors (Lipinski definition) is 0. The molecule has 1 saturated heterocycles. The topological polar surface area (TPSA) is 65.1 Å². The SMILES string of the molecule is O=C(CCC(=O)N1CCOCC1)c1ccc2c(c1)OCCCO2. The van der Waals surface area contributed by atoms with Crippen LogP contribution in [0.5, 0.6) is 11.5 Å². The molecule has 124 valence electrons. The fourth-order valence-electron chi connectivity index (χ4n) is 2.67. The number of morpholine rings is 1. The minimum Gasteiger partial charge on any atom is -0.490 e. The second-order valence-electron chi connectivity index (χ2n) is 5.63. The van der Waals surface area contributed by atoms with Crippen LogP contribution in [0.15, 0.2) is 18.2 Å². The van der Waals surface area contributed by atoms with Crippen LogP contribution in [-0.2, 0) is 9.53 Å². The summed E-state index contributed by atoms with van der Waals surface area (Å²) in [5.41, 5.74) is 0.559. The minimum atomic E-state index is -0.0535. The van der Waals surface area contributed by atoms with Gasteiger partial charge in [0.1, 0.15) is 0 Å². The molecule has 1 fully saturated rings. The van der Waals surface area contributed by atoms with E-state index in [-0.39, 0.29) is 24.5 Å². The smallest absolute Gasteiger partial charge is 0.223 e. The van der Waals surface area contributed by atoms with Gasteiger partial charge in [-0.15, -0.1) is 0 Å². The number of carbonyl (C=O) groups excluding carboxylic acids is 2. The molecule has 0 bridgehead atoms. The molecule has 2 heterocycles. The third-order valence-electron chi connectivity index (χ3n) is 4.00. The van der Waals surface area contributed by atoms with Crippen LogP contribution >= 0.6 is 0 Å². The first-order valence-corrected chi connectivity index (χ1v) is 8.02. The Kier molecular flexibility index (Phi) is 5.12. The van der Waals surface area contributed by atoms with Crippen molar-refractivity contribution in [3.63, 3.8) is 0 Å². The number of fused-ring (bicyclic) bond motifs is 1. The molecule has 1 aromatic carbocycles. The second kappa shape index (κ2) is 7.46. The van der Waals surface area contributed by atoms with Crippen LogP contribution < -0.4 is 9.47 Å². The van der Waals surface area contributed by atoms with Crippen molar-refractivity contribution in [2.24, 2.45) is 0 Å². The van der Waals surface area contributed by atoms with Crippen LogP contribution in [0.1, 0.15) is 29.6 Å². The van der Waals surface area contributed by atoms with E-state index in [2.05, 4.69) is 0 Å². The number of amides is 1. The highest BCUT2D eigenvalue weighted by Gasteiger charge is 2.19. The molecule has 2 aliphatic heterocycles. The van der Waals surface area contributed by atoms with Gasteiger partial charge in [-0.3, -0.25) is 9.59 Å². The number of Topliss-reactive ketones (excluding diaryl/α,β-unsaturated/α-hetero) is 1.